The van der Waals surface area contributed by atoms with Crippen LogP contribution in [0, 0.1) is 0 Å². The van der Waals surface area contributed by atoms with Crippen molar-refractivity contribution in [1.29, 1.82) is 0 Å². The number of amides is 1. The van der Waals surface area contributed by atoms with Crippen LogP contribution in [0.4, 0.5) is 0 Å². The van der Waals surface area contributed by atoms with Gasteiger partial charge in [-0.2, -0.15) is 0 Å². The predicted molar refractivity (Wildman–Crippen MR) is 55.8 cm³/mol. The Balaban J connectivity index is 3.68. The number of alkyl halides is 1. The number of sulfonamides is 1. The summed E-state index contributed by atoms with van der Waals surface area (Å²) in [5.41, 5.74) is 0. The van der Waals surface area contributed by atoms with Crippen LogP contribution in [0.25, 0.3) is 0 Å². The zero-order valence-electron chi connectivity index (χ0n) is 8.05. The lowest BCUT2D eigenvalue weighted by Crippen LogP contribution is -2.34. The Labute approximate surface area is 89.3 Å². The minimum Gasteiger partial charge on any atom is -0.355 e. The van der Waals surface area contributed by atoms with E-state index in [1.807, 2.05) is 0 Å². The van der Waals surface area contributed by atoms with Gasteiger partial charge in [0.1, 0.15) is 0 Å². The molecule has 0 fully saturated rings. The van der Waals surface area contributed by atoms with E-state index in [2.05, 4.69) is 10.0 Å². The molecule has 1 amide bonds. The Kier molecular flexibility index (Phi) is 6.86. The molecular weight excluding hydrogens is 228 g/mol. The van der Waals surface area contributed by atoms with E-state index in [0.717, 1.165) is 0 Å². The number of nitrogens with one attached hydrogen (secondary N) is 2. The highest BCUT2D eigenvalue weighted by Gasteiger charge is 2.08. The van der Waals surface area contributed by atoms with Crippen LogP contribution in [0.15, 0.2) is 0 Å². The van der Waals surface area contributed by atoms with Gasteiger partial charge in [0.25, 0.3) is 0 Å². The van der Waals surface area contributed by atoms with Crippen molar-refractivity contribution < 1.29 is 13.2 Å². The molecule has 0 radical (unpaired) electrons. The maximum atomic E-state index is 11.1. The smallest absolute Gasteiger partial charge is 0.221 e. The molecule has 0 aliphatic rings. The van der Waals surface area contributed by atoms with Gasteiger partial charge < -0.3 is 5.32 Å². The SMILES string of the molecule is CCNS(=O)(=O)CCNC(=O)CCCl. The van der Waals surface area contributed by atoms with Crippen molar-refractivity contribution in [2.75, 3.05) is 24.7 Å². The molecule has 0 aliphatic heterocycles. The second-order valence-electron chi connectivity index (χ2n) is 2.61. The van der Waals surface area contributed by atoms with Crippen molar-refractivity contribution in [1.82, 2.24) is 10.0 Å². The molecule has 0 unspecified atom stereocenters. The summed E-state index contributed by atoms with van der Waals surface area (Å²) in [6.45, 7) is 2.17. The van der Waals surface area contributed by atoms with Gasteiger partial charge in [-0.05, 0) is 0 Å². The molecule has 0 bridgehead atoms. The first-order valence-electron chi connectivity index (χ1n) is 4.32. The molecule has 0 saturated carbocycles. The highest BCUT2D eigenvalue weighted by atomic mass is 35.5. The fraction of sp³-hybridized carbons (Fsp3) is 0.857. The summed E-state index contributed by atoms with van der Waals surface area (Å²) in [4.78, 5) is 10.9. The van der Waals surface area contributed by atoms with Crippen LogP contribution in [-0.2, 0) is 14.8 Å². The van der Waals surface area contributed by atoms with E-state index in [4.69, 9.17) is 11.6 Å². The summed E-state index contributed by atoms with van der Waals surface area (Å²) in [5.74, 6) is -0.0904. The molecule has 0 aliphatic carbocycles. The number of rotatable bonds is 7. The fourth-order valence-electron chi connectivity index (χ4n) is 0.791. The Hall–Kier alpha value is -0.330. The van der Waals surface area contributed by atoms with Gasteiger partial charge in [-0.3, -0.25) is 4.79 Å². The van der Waals surface area contributed by atoms with E-state index >= 15 is 0 Å². The second-order valence-corrected chi connectivity index (χ2v) is 4.91. The molecule has 2 N–H and O–H groups in total. The lowest BCUT2D eigenvalue weighted by Gasteiger charge is -2.05. The van der Waals surface area contributed by atoms with Gasteiger partial charge in [0.2, 0.25) is 15.9 Å². The Morgan fingerprint density at radius 2 is 2.07 bits per heavy atom. The number of halogens is 1. The lowest BCUT2D eigenvalue weighted by atomic mass is 10.4. The molecule has 14 heavy (non-hydrogen) atoms. The second kappa shape index (κ2) is 7.03. The maximum Gasteiger partial charge on any atom is 0.221 e. The standard InChI is InChI=1S/C7H15ClN2O3S/c1-2-10-14(12,13)6-5-9-7(11)3-4-8/h10H,2-6H2,1H3,(H,9,11). The first-order chi connectivity index (χ1) is 6.52. The van der Waals surface area contributed by atoms with Gasteiger partial charge in [-0.1, -0.05) is 6.92 Å². The zero-order chi connectivity index (χ0) is 11.0. The van der Waals surface area contributed by atoms with E-state index in [1.54, 1.807) is 6.92 Å². The molecule has 84 valence electrons. The maximum absolute atomic E-state index is 11.1. The monoisotopic (exact) mass is 242 g/mol. The lowest BCUT2D eigenvalue weighted by molar-refractivity contribution is -0.120. The summed E-state index contributed by atoms with van der Waals surface area (Å²) < 4.78 is 24.5. The Bertz CT molecular complexity index is 266. The average molecular weight is 243 g/mol. The van der Waals surface area contributed by atoms with E-state index in [9.17, 15) is 13.2 Å². The van der Waals surface area contributed by atoms with E-state index in [1.165, 1.54) is 0 Å². The van der Waals surface area contributed by atoms with Crippen molar-refractivity contribution in [3.8, 4) is 0 Å². The number of hydrogen-bond donors (Lipinski definition) is 2. The summed E-state index contributed by atoms with van der Waals surface area (Å²) >= 11 is 5.32. The number of carbonyl (C=O) groups is 1. The quantitative estimate of drug-likeness (QED) is 0.601. The third-order valence-corrected chi connectivity index (χ3v) is 3.04. The molecule has 0 heterocycles. The summed E-state index contributed by atoms with van der Waals surface area (Å²) in [7, 11) is -3.24. The normalized spacial score (nSPS) is 11.3. The molecule has 7 heteroatoms. The van der Waals surface area contributed by atoms with Crippen LogP contribution in [0.5, 0.6) is 0 Å². The molecule has 0 aromatic rings. The van der Waals surface area contributed by atoms with Crippen LogP contribution < -0.4 is 10.0 Å². The van der Waals surface area contributed by atoms with Crippen molar-refractivity contribution in [2.24, 2.45) is 0 Å². The number of hydrogen-bond acceptors (Lipinski definition) is 3. The minimum atomic E-state index is -3.24. The van der Waals surface area contributed by atoms with E-state index < -0.39 is 10.0 Å². The van der Waals surface area contributed by atoms with Crippen LogP contribution >= 0.6 is 11.6 Å². The van der Waals surface area contributed by atoms with Crippen molar-refractivity contribution >= 4 is 27.5 Å². The zero-order valence-corrected chi connectivity index (χ0v) is 9.62. The summed E-state index contributed by atoms with van der Waals surface area (Å²) in [5, 5.41) is 2.46. The molecule has 0 spiro atoms. The van der Waals surface area contributed by atoms with Crippen LogP contribution in [0.3, 0.4) is 0 Å². The average Bonchev–Trinajstić information content (AvgIpc) is 2.03. The molecule has 5 nitrogen and oxygen atoms in total. The fourth-order valence-corrected chi connectivity index (χ4v) is 1.92. The van der Waals surface area contributed by atoms with Gasteiger partial charge in [0, 0.05) is 25.4 Å². The van der Waals surface area contributed by atoms with Gasteiger partial charge >= 0.3 is 0 Å². The van der Waals surface area contributed by atoms with E-state index in [0.29, 0.717) is 6.54 Å². The summed E-state index contributed by atoms with van der Waals surface area (Å²) in [6, 6.07) is 0. The Morgan fingerprint density at radius 1 is 1.43 bits per heavy atom. The van der Waals surface area contributed by atoms with Crippen LogP contribution in [0.1, 0.15) is 13.3 Å². The first kappa shape index (κ1) is 13.7. The molecule has 0 aromatic carbocycles. The van der Waals surface area contributed by atoms with Gasteiger partial charge in [-0.15, -0.1) is 11.6 Å². The van der Waals surface area contributed by atoms with Crippen LogP contribution in [0.2, 0.25) is 0 Å². The number of carbonyl (C=O) groups excluding carboxylic acids is 1. The first-order valence-corrected chi connectivity index (χ1v) is 6.50. The third kappa shape index (κ3) is 7.11. The van der Waals surface area contributed by atoms with Crippen LogP contribution in [-0.4, -0.2) is 39.0 Å². The van der Waals surface area contributed by atoms with Gasteiger partial charge in [0.05, 0.1) is 5.75 Å². The predicted octanol–water partition coefficient (Wildman–Crippen LogP) is -0.329. The Morgan fingerprint density at radius 3 is 2.57 bits per heavy atom. The molecule has 0 saturated heterocycles. The van der Waals surface area contributed by atoms with Crippen molar-refractivity contribution in [3.05, 3.63) is 0 Å². The summed E-state index contributed by atoms with van der Waals surface area (Å²) in [6.07, 6.45) is 0.211. The molecule has 0 rings (SSSR count). The topological polar surface area (TPSA) is 75.3 Å². The third-order valence-electron chi connectivity index (χ3n) is 1.38. The highest BCUT2D eigenvalue weighted by Crippen LogP contribution is 1.85. The van der Waals surface area contributed by atoms with Gasteiger partial charge in [-0.25, -0.2) is 13.1 Å². The molecule has 0 atom stereocenters. The molecule has 0 aromatic heterocycles. The van der Waals surface area contributed by atoms with Crippen molar-refractivity contribution in [2.45, 2.75) is 13.3 Å². The molecular formula is C7H15ClN2O3S. The van der Waals surface area contributed by atoms with E-state index in [-0.39, 0.29) is 30.5 Å². The van der Waals surface area contributed by atoms with Gasteiger partial charge in [0.15, 0.2) is 0 Å². The minimum absolute atomic E-state index is 0.102. The largest absolute Gasteiger partial charge is 0.355 e. The highest BCUT2D eigenvalue weighted by molar-refractivity contribution is 7.89. The van der Waals surface area contributed by atoms with Crippen molar-refractivity contribution in [3.63, 3.8) is 0 Å².